The van der Waals surface area contributed by atoms with E-state index < -0.39 is 33.2 Å². The van der Waals surface area contributed by atoms with Gasteiger partial charge in [-0.25, -0.2) is 4.57 Å². The van der Waals surface area contributed by atoms with E-state index in [2.05, 4.69) is 26.0 Å². The molecule has 56 heavy (non-hydrogen) atoms. The number of aliphatic hydroxyl groups is 2. The normalized spacial score (nSPS) is 14.0. The second-order valence-corrected chi connectivity index (χ2v) is 17.6. The van der Waals surface area contributed by atoms with E-state index >= 15 is 0 Å². The van der Waals surface area contributed by atoms with E-state index in [9.17, 15) is 19.4 Å². The van der Waals surface area contributed by atoms with Gasteiger partial charge in [-0.2, -0.15) is 0 Å². The van der Waals surface area contributed by atoms with Gasteiger partial charge in [0.25, 0.3) is 0 Å². The highest BCUT2D eigenvalue weighted by atomic mass is 31.2. The fourth-order valence-electron chi connectivity index (χ4n) is 6.82. The van der Waals surface area contributed by atoms with Gasteiger partial charge in [0.1, 0.15) is 12.2 Å². The van der Waals surface area contributed by atoms with Crippen LogP contribution < -0.4 is 0 Å². The summed E-state index contributed by atoms with van der Waals surface area (Å²) in [5.74, 6) is -0.379. The van der Waals surface area contributed by atoms with Crippen molar-refractivity contribution >= 4 is 13.8 Å². The van der Waals surface area contributed by atoms with Crippen molar-refractivity contribution in [3.8, 4) is 0 Å². The summed E-state index contributed by atoms with van der Waals surface area (Å²) in [6.45, 7) is 3.55. The number of carbonyl (C=O) groups excluding carboxylic acids is 1. The van der Waals surface area contributed by atoms with E-state index in [0.29, 0.717) is 6.61 Å². The van der Waals surface area contributed by atoms with Crippen LogP contribution in [-0.2, 0) is 27.9 Å². The minimum absolute atomic E-state index is 0.0508. The molecule has 0 bridgehead atoms. The molecule has 0 fully saturated rings. The molecule has 334 valence electrons. The van der Waals surface area contributed by atoms with Crippen molar-refractivity contribution in [3.05, 3.63) is 12.2 Å². The van der Waals surface area contributed by atoms with E-state index in [-0.39, 0.29) is 25.6 Å². The monoisotopic (exact) mass is 819 g/mol. The third-order valence-corrected chi connectivity index (χ3v) is 11.4. The van der Waals surface area contributed by atoms with Crippen LogP contribution in [0.4, 0.5) is 0 Å². The number of carbonyl (C=O) groups is 1. The van der Waals surface area contributed by atoms with Gasteiger partial charge in [-0.1, -0.05) is 199 Å². The molecule has 0 aliphatic carbocycles. The molecule has 0 aromatic rings. The van der Waals surface area contributed by atoms with Gasteiger partial charge < -0.3 is 24.6 Å². The van der Waals surface area contributed by atoms with Crippen molar-refractivity contribution < 1.29 is 43.0 Å². The van der Waals surface area contributed by atoms with Crippen LogP contribution in [0.3, 0.4) is 0 Å². The van der Waals surface area contributed by atoms with E-state index in [1.165, 1.54) is 167 Å². The molecular weight excluding hydrogens is 727 g/mol. The number of esters is 1. The minimum atomic E-state index is -4.51. The number of allylic oxidation sites excluding steroid dienone is 2. The van der Waals surface area contributed by atoms with Crippen LogP contribution in [0.5, 0.6) is 0 Å². The molecule has 0 radical (unpaired) electrons. The number of unbranched alkanes of at least 4 members (excludes halogenated alkanes) is 30. The maximum absolute atomic E-state index is 12.6. The fourth-order valence-corrected chi connectivity index (χ4v) is 7.61. The molecule has 9 nitrogen and oxygen atoms in total. The average molecular weight is 819 g/mol. The average Bonchev–Trinajstić information content (AvgIpc) is 3.19. The molecule has 0 heterocycles. The quantitative estimate of drug-likeness (QED) is 0.0238. The summed E-state index contributed by atoms with van der Waals surface area (Å²) in [5, 5.41) is 18.4. The lowest BCUT2D eigenvalue weighted by Gasteiger charge is -2.20. The number of ether oxygens (including phenoxy) is 2. The molecule has 10 heteroatoms. The molecule has 3 N–H and O–H groups in total. The summed E-state index contributed by atoms with van der Waals surface area (Å²) in [6.07, 6.45) is 44.6. The lowest BCUT2D eigenvalue weighted by molar-refractivity contribution is -0.154. The number of phosphoric acid groups is 1. The number of aliphatic hydroxyl groups excluding tert-OH is 2. The van der Waals surface area contributed by atoms with Gasteiger partial charge in [-0.05, 0) is 38.5 Å². The van der Waals surface area contributed by atoms with Crippen molar-refractivity contribution in [3.63, 3.8) is 0 Å². The van der Waals surface area contributed by atoms with E-state index in [0.717, 1.165) is 44.9 Å². The Balaban J connectivity index is 4.07. The Hall–Kier alpha value is -0.800. The molecule has 0 aliphatic heterocycles. The van der Waals surface area contributed by atoms with Crippen LogP contribution >= 0.6 is 7.82 Å². The van der Waals surface area contributed by atoms with Crippen molar-refractivity contribution in [2.24, 2.45) is 0 Å². The minimum Gasteiger partial charge on any atom is -0.457 e. The van der Waals surface area contributed by atoms with Gasteiger partial charge in [0.05, 0.1) is 26.4 Å². The van der Waals surface area contributed by atoms with Crippen molar-refractivity contribution in [2.45, 2.75) is 244 Å². The Bertz CT molecular complexity index is 887. The Kier molecular flexibility index (Phi) is 43.1. The van der Waals surface area contributed by atoms with Crippen molar-refractivity contribution in [2.75, 3.05) is 33.0 Å². The first kappa shape index (κ1) is 55.2. The van der Waals surface area contributed by atoms with Gasteiger partial charge in [0.2, 0.25) is 0 Å². The second-order valence-electron chi connectivity index (χ2n) is 16.1. The van der Waals surface area contributed by atoms with E-state index in [1.54, 1.807) is 0 Å². The number of hydrogen-bond acceptors (Lipinski definition) is 8. The van der Waals surface area contributed by atoms with Crippen LogP contribution in [0, 0.1) is 0 Å². The van der Waals surface area contributed by atoms with Crippen LogP contribution in [0.1, 0.15) is 232 Å². The molecule has 0 amide bonds. The number of hydrogen-bond donors (Lipinski definition) is 3. The molecule has 0 saturated heterocycles. The number of phosphoric ester groups is 1. The maximum Gasteiger partial charge on any atom is 0.472 e. The first-order valence-electron chi connectivity index (χ1n) is 23.7. The first-order valence-corrected chi connectivity index (χ1v) is 25.2. The third-order valence-electron chi connectivity index (χ3n) is 10.5. The lowest BCUT2D eigenvalue weighted by Crippen LogP contribution is -2.29. The predicted octanol–water partition coefficient (Wildman–Crippen LogP) is 13.3. The van der Waals surface area contributed by atoms with Gasteiger partial charge in [-0.3, -0.25) is 13.8 Å². The first-order chi connectivity index (χ1) is 27.3. The summed E-state index contributed by atoms with van der Waals surface area (Å²) in [4.78, 5) is 22.6. The molecule has 0 aliphatic rings. The Labute approximate surface area is 345 Å². The smallest absolute Gasteiger partial charge is 0.457 e. The van der Waals surface area contributed by atoms with E-state index in [1.807, 2.05) is 0 Å². The molecule has 0 aromatic heterocycles. The number of rotatable bonds is 46. The summed E-state index contributed by atoms with van der Waals surface area (Å²) < 4.78 is 33.4. The SMILES string of the molecule is CCCCCCC/C=C\CCCCCCCCOCC(COP(=O)(O)OCC(O)CO)OC(=O)CCCCCCCCCCCCCCCCCCCCCC. The lowest BCUT2D eigenvalue weighted by atomic mass is 10.0. The molecular formula is C46H91O9P. The zero-order valence-electron chi connectivity index (χ0n) is 36.6. The summed E-state index contributed by atoms with van der Waals surface area (Å²) in [6, 6.07) is 0. The standard InChI is InChI=1S/C46H91O9P/c1-3-5-7-9-11-13-15-17-19-20-21-22-23-24-26-28-30-32-34-36-38-46(49)55-45(43-54-56(50,51)53-41-44(48)40-47)42-52-39-37-35-33-31-29-27-25-18-16-14-12-10-8-6-4-2/h16,18,44-45,47-48H,3-15,17,19-43H2,1-2H3,(H,50,51)/b18-16-. The fraction of sp³-hybridized carbons (Fsp3) is 0.935. The van der Waals surface area contributed by atoms with Gasteiger partial charge in [0.15, 0.2) is 0 Å². The van der Waals surface area contributed by atoms with Crippen molar-refractivity contribution in [1.29, 1.82) is 0 Å². The Morgan fingerprint density at radius 2 is 0.911 bits per heavy atom. The Morgan fingerprint density at radius 3 is 1.34 bits per heavy atom. The zero-order valence-corrected chi connectivity index (χ0v) is 37.5. The molecule has 0 spiro atoms. The van der Waals surface area contributed by atoms with Gasteiger partial charge in [0, 0.05) is 13.0 Å². The highest BCUT2D eigenvalue weighted by Gasteiger charge is 2.26. The predicted molar refractivity (Wildman–Crippen MR) is 233 cm³/mol. The summed E-state index contributed by atoms with van der Waals surface area (Å²) in [7, 11) is -4.51. The van der Waals surface area contributed by atoms with Gasteiger partial charge in [-0.15, -0.1) is 0 Å². The van der Waals surface area contributed by atoms with Crippen LogP contribution in [0.15, 0.2) is 12.2 Å². The molecule has 0 saturated carbocycles. The zero-order chi connectivity index (χ0) is 41.1. The largest absolute Gasteiger partial charge is 0.472 e. The Morgan fingerprint density at radius 1 is 0.536 bits per heavy atom. The highest BCUT2D eigenvalue weighted by Crippen LogP contribution is 2.43. The summed E-state index contributed by atoms with van der Waals surface area (Å²) in [5.41, 5.74) is 0. The topological polar surface area (TPSA) is 132 Å². The summed E-state index contributed by atoms with van der Waals surface area (Å²) >= 11 is 0. The van der Waals surface area contributed by atoms with Crippen LogP contribution in [-0.4, -0.2) is 66.3 Å². The molecule has 3 atom stereocenters. The van der Waals surface area contributed by atoms with E-state index in [4.69, 9.17) is 23.6 Å². The second kappa shape index (κ2) is 43.8. The van der Waals surface area contributed by atoms with Crippen LogP contribution in [0.25, 0.3) is 0 Å². The van der Waals surface area contributed by atoms with Gasteiger partial charge >= 0.3 is 13.8 Å². The third kappa shape index (κ3) is 42.8. The molecule has 0 rings (SSSR count). The van der Waals surface area contributed by atoms with Crippen molar-refractivity contribution in [1.82, 2.24) is 0 Å². The molecule has 3 unspecified atom stereocenters. The maximum atomic E-state index is 12.6. The highest BCUT2D eigenvalue weighted by molar-refractivity contribution is 7.47. The molecule has 0 aromatic carbocycles. The van der Waals surface area contributed by atoms with Crippen LogP contribution in [0.2, 0.25) is 0 Å².